The highest BCUT2D eigenvalue weighted by atomic mass is 32.2. The number of hydrogen-bond acceptors (Lipinski definition) is 2. The van der Waals surface area contributed by atoms with Crippen molar-refractivity contribution in [2.24, 2.45) is 0 Å². The summed E-state index contributed by atoms with van der Waals surface area (Å²) in [5.74, 6) is 1.28. The largest absolute Gasteiger partial charge is 0.310 e. The fourth-order valence-electron chi connectivity index (χ4n) is 2.01. The molecule has 1 aromatic carbocycles. The van der Waals surface area contributed by atoms with Gasteiger partial charge in [-0.15, -0.1) is 0 Å². The van der Waals surface area contributed by atoms with Gasteiger partial charge in [-0.25, -0.2) is 0 Å². The molecule has 0 saturated heterocycles. The first-order valence-electron chi connectivity index (χ1n) is 6.65. The number of hydrogen-bond donors (Lipinski definition) is 1. The SMILES string of the molecule is CCCC(NCCCCSC)c1ccccc1. The zero-order valence-electron chi connectivity index (χ0n) is 11.1. The molecule has 0 spiro atoms. The Labute approximate surface area is 110 Å². The van der Waals surface area contributed by atoms with Gasteiger partial charge in [0.15, 0.2) is 0 Å². The van der Waals surface area contributed by atoms with Crippen molar-refractivity contribution >= 4 is 11.8 Å². The van der Waals surface area contributed by atoms with E-state index in [2.05, 4.69) is 48.8 Å². The molecular formula is C15H25NS. The average Bonchev–Trinajstić information content (AvgIpc) is 2.38. The summed E-state index contributed by atoms with van der Waals surface area (Å²) in [5, 5.41) is 3.69. The number of benzene rings is 1. The van der Waals surface area contributed by atoms with Crippen molar-refractivity contribution in [1.29, 1.82) is 0 Å². The van der Waals surface area contributed by atoms with E-state index < -0.39 is 0 Å². The molecule has 0 aliphatic carbocycles. The zero-order chi connectivity index (χ0) is 12.3. The topological polar surface area (TPSA) is 12.0 Å². The molecule has 17 heavy (non-hydrogen) atoms. The van der Waals surface area contributed by atoms with Gasteiger partial charge in [0.25, 0.3) is 0 Å². The molecule has 1 nitrogen and oxygen atoms in total. The van der Waals surface area contributed by atoms with Crippen molar-refractivity contribution in [2.75, 3.05) is 18.6 Å². The van der Waals surface area contributed by atoms with E-state index in [0.29, 0.717) is 6.04 Å². The van der Waals surface area contributed by atoms with E-state index in [1.807, 2.05) is 11.8 Å². The Morgan fingerprint density at radius 1 is 1.18 bits per heavy atom. The molecule has 0 saturated carbocycles. The number of rotatable bonds is 9. The smallest absolute Gasteiger partial charge is 0.0320 e. The first kappa shape index (κ1) is 14.6. The maximum Gasteiger partial charge on any atom is 0.0320 e. The molecule has 1 atom stereocenters. The lowest BCUT2D eigenvalue weighted by atomic mass is 10.0. The van der Waals surface area contributed by atoms with Gasteiger partial charge in [-0.1, -0.05) is 43.7 Å². The van der Waals surface area contributed by atoms with Gasteiger partial charge in [0, 0.05) is 6.04 Å². The van der Waals surface area contributed by atoms with E-state index in [4.69, 9.17) is 0 Å². The van der Waals surface area contributed by atoms with Crippen LogP contribution in [0.15, 0.2) is 30.3 Å². The Bertz CT molecular complexity index is 274. The molecule has 1 rings (SSSR count). The third-order valence-electron chi connectivity index (χ3n) is 2.95. The fourth-order valence-corrected chi connectivity index (χ4v) is 2.50. The van der Waals surface area contributed by atoms with Crippen LogP contribution in [-0.2, 0) is 0 Å². The molecule has 0 bridgehead atoms. The molecule has 0 radical (unpaired) electrons. The molecule has 1 unspecified atom stereocenters. The van der Waals surface area contributed by atoms with Crippen LogP contribution in [0.2, 0.25) is 0 Å². The van der Waals surface area contributed by atoms with Gasteiger partial charge in [0.2, 0.25) is 0 Å². The van der Waals surface area contributed by atoms with Crippen LogP contribution in [0.4, 0.5) is 0 Å². The van der Waals surface area contributed by atoms with Gasteiger partial charge in [-0.05, 0) is 43.4 Å². The highest BCUT2D eigenvalue weighted by Gasteiger charge is 2.08. The molecule has 2 heteroatoms. The van der Waals surface area contributed by atoms with Gasteiger partial charge >= 0.3 is 0 Å². The molecule has 0 fully saturated rings. The molecule has 0 heterocycles. The Balaban J connectivity index is 2.33. The van der Waals surface area contributed by atoms with Crippen molar-refractivity contribution in [3.63, 3.8) is 0 Å². The first-order valence-corrected chi connectivity index (χ1v) is 8.05. The van der Waals surface area contributed by atoms with E-state index in [1.165, 1.54) is 37.0 Å². The lowest BCUT2D eigenvalue weighted by Crippen LogP contribution is -2.22. The van der Waals surface area contributed by atoms with Crippen LogP contribution in [0.25, 0.3) is 0 Å². The maximum absolute atomic E-state index is 3.69. The molecule has 0 aliphatic heterocycles. The van der Waals surface area contributed by atoms with E-state index in [9.17, 15) is 0 Å². The molecule has 1 N–H and O–H groups in total. The van der Waals surface area contributed by atoms with Crippen LogP contribution in [0, 0.1) is 0 Å². The van der Waals surface area contributed by atoms with Gasteiger partial charge in [-0.3, -0.25) is 0 Å². The minimum absolute atomic E-state index is 0.537. The Hall–Kier alpha value is -0.470. The standard InChI is InChI=1S/C15H25NS/c1-3-9-15(14-10-5-4-6-11-14)16-12-7-8-13-17-2/h4-6,10-11,15-16H,3,7-9,12-13H2,1-2H3. The molecule has 96 valence electrons. The average molecular weight is 251 g/mol. The Kier molecular flexibility index (Phi) is 8.20. The minimum atomic E-state index is 0.537. The van der Waals surface area contributed by atoms with Crippen molar-refractivity contribution in [2.45, 2.75) is 38.6 Å². The third kappa shape index (κ3) is 6.13. The fraction of sp³-hybridized carbons (Fsp3) is 0.600. The lowest BCUT2D eigenvalue weighted by Gasteiger charge is -2.18. The van der Waals surface area contributed by atoms with E-state index in [0.717, 1.165) is 6.54 Å². The second kappa shape index (κ2) is 9.55. The van der Waals surface area contributed by atoms with Gasteiger partial charge < -0.3 is 5.32 Å². The van der Waals surface area contributed by atoms with E-state index in [1.54, 1.807) is 0 Å². The van der Waals surface area contributed by atoms with Gasteiger partial charge in [0.05, 0.1) is 0 Å². The third-order valence-corrected chi connectivity index (χ3v) is 3.64. The van der Waals surface area contributed by atoms with Crippen LogP contribution in [-0.4, -0.2) is 18.6 Å². The van der Waals surface area contributed by atoms with Crippen LogP contribution >= 0.6 is 11.8 Å². The molecule has 0 aliphatic rings. The van der Waals surface area contributed by atoms with Crippen molar-refractivity contribution in [3.05, 3.63) is 35.9 Å². The van der Waals surface area contributed by atoms with Crippen LogP contribution in [0.3, 0.4) is 0 Å². The Morgan fingerprint density at radius 2 is 1.94 bits per heavy atom. The van der Waals surface area contributed by atoms with Crippen molar-refractivity contribution in [1.82, 2.24) is 5.32 Å². The number of thioether (sulfide) groups is 1. The zero-order valence-corrected chi connectivity index (χ0v) is 11.9. The summed E-state index contributed by atoms with van der Waals surface area (Å²) in [6.07, 6.45) is 7.25. The second-order valence-corrected chi connectivity index (χ2v) is 5.39. The summed E-state index contributed by atoms with van der Waals surface area (Å²) in [5.41, 5.74) is 1.43. The monoisotopic (exact) mass is 251 g/mol. The van der Waals surface area contributed by atoms with E-state index in [-0.39, 0.29) is 0 Å². The predicted molar refractivity (Wildman–Crippen MR) is 79.7 cm³/mol. The molecule has 1 aromatic rings. The second-order valence-electron chi connectivity index (χ2n) is 4.41. The van der Waals surface area contributed by atoms with Crippen LogP contribution in [0.5, 0.6) is 0 Å². The van der Waals surface area contributed by atoms with Gasteiger partial charge in [-0.2, -0.15) is 11.8 Å². The summed E-state index contributed by atoms with van der Waals surface area (Å²) in [6, 6.07) is 11.4. The van der Waals surface area contributed by atoms with Crippen molar-refractivity contribution < 1.29 is 0 Å². The number of unbranched alkanes of at least 4 members (excludes halogenated alkanes) is 1. The van der Waals surface area contributed by atoms with Crippen LogP contribution in [0.1, 0.15) is 44.2 Å². The minimum Gasteiger partial charge on any atom is -0.310 e. The van der Waals surface area contributed by atoms with Crippen LogP contribution < -0.4 is 5.32 Å². The first-order chi connectivity index (χ1) is 8.38. The normalized spacial score (nSPS) is 12.6. The number of nitrogens with one attached hydrogen (secondary N) is 1. The summed E-state index contributed by atoms with van der Waals surface area (Å²) >= 11 is 1.94. The maximum atomic E-state index is 3.69. The summed E-state index contributed by atoms with van der Waals surface area (Å²) in [6.45, 7) is 3.39. The predicted octanol–water partition coefficient (Wildman–Crippen LogP) is 4.26. The van der Waals surface area contributed by atoms with Gasteiger partial charge in [0.1, 0.15) is 0 Å². The summed E-state index contributed by atoms with van der Waals surface area (Å²) in [7, 11) is 0. The molecule has 0 aromatic heterocycles. The summed E-state index contributed by atoms with van der Waals surface area (Å²) in [4.78, 5) is 0. The molecular weight excluding hydrogens is 226 g/mol. The Morgan fingerprint density at radius 3 is 2.59 bits per heavy atom. The highest BCUT2D eigenvalue weighted by Crippen LogP contribution is 2.17. The lowest BCUT2D eigenvalue weighted by molar-refractivity contribution is 0.486. The summed E-state index contributed by atoms with van der Waals surface area (Å²) < 4.78 is 0. The van der Waals surface area contributed by atoms with E-state index >= 15 is 0 Å². The highest BCUT2D eigenvalue weighted by molar-refractivity contribution is 7.98. The van der Waals surface area contributed by atoms with Crippen molar-refractivity contribution in [3.8, 4) is 0 Å². The quantitative estimate of drug-likeness (QED) is 0.658. The molecule has 0 amide bonds.